The molecule has 1 aliphatic rings. The number of aliphatic hydroxyl groups excluding tert-OH is 1. The van der Waals surface area contributed by atoms with Crippen LogP contribution in [0.5, 0.6) is 5.75 Å². The lowest BCUT2D eigenvalue weighted by atomic mass is 10.2. The summed E-state index contributed by atoms with van der Waals surface area (Å²) in [5, 5.41) is 19.1. The summed E-state index contributed by atoms with van der Waals surface area (Å²) in [6.45, 7) is 5.98. The molecule has 28 heavy (non-hydrogen) atoms. The molecule has 1 unspecified atom stereocenters. The number of rotatable bonds is 8. The summed E-state index contributed by atoms with van der Waals surface area (Å²) >= 11 is 0. The fourth-order valence-corrected chi connectivity index (χ4v) is 3.54. The molecule has 3 rings (SSSR count). The van der Waals surface area contributed by atoms with Gasteiger partial charge in [0.15, 0.2) is 0 Å². The van der Waals surface area contributed by atoms with Gasteiger partial charge in [0.25, 0.3) is 0 Å². The normalized spacial score (nSPS) is 16.9. The second-order valence-electron chi connectivity index (χ2n) is 7.36. The summed E-state index contributed by atoms with van der Waals surface area (Å²) in [4.78, 5) is 4.82. The zero-order valence-corrected chi connectivity index (χ0v) is 16.3. The molecule has 2 aromatic carbocycles. The maximum Gasteiger partial charge on any atom is 0.119 e. The largest absolute Gasteiger partial charge is 0.491 e. The number of nitriles is 1. The van der Waals surface area contributed by atoms with Gasteiger partial charge in [-0.1, -0.05) is 42.5 Å². The van der Waals surface area contributed by atoms with Gasteiger partial charge in [0, 0.05) is 26.2 Å². The molecule has 0 spiro atoms. The zero-order chi connectivity index (χ0) is 19.6. The third-order valence-corrected chi connectivity index (χ3v) is 5.05. The van der Waals surface area contributed by atoms with Gasteiger partial charge in [0.2, 0.25) is 0 Å². The van der Waals surface area contributed by atoms with Gasteiger partial charge in [-0.2, -0.15) is 5.26 Å². The lowest BCUT2D eigenvalue weighted by Gasteiger charge is -2.24. The van der Waals surface area contributed by atoms with E-state index in [2.05, 4.69) is 46.2 Å². The van der Waals surface area contributed by atoms with Crippen LogP contribution in [0.3, 0.4) is 0 Å². The quantitative estimate of drug-likeness (QED) is 0.764. The van der Waals surface area contributed by atoms with Crippen molar-refractivity contribution in [2.45, 2.75) is 25.5 Å². The van der Waals surface area contributed by atoms with Gasteiger partial charge in [-0.25, -0.2) is 0 Å². The fourth-order valence-electron chi connectivity index (χ4n) is 3.54. The smallest absolute Gasteiger partial charge is 0.119 e. The van der Waals surface area contributed by atoms with Gasteiger partial charge in [-0.15, -0.1) is 0 Å². The minimum Gasteiger partial charge on any atom is -0.491 e. The van der Waals surface area contributed by atoms with Crippen molar-refractivity contribution in [2.75, 3.05) is 39.3 Å². The predicted octanol–water partition coefficient (Wildman–Crippen LogP) is 2.70. The minimum atomic E-state index is -0.514. The van der Waals surface area contributed by atoms with Crippen molar-refractivity contribution in [2.24, 2.45) is 0 Å². The molecule has 5 heteroatoms. The first-order valence-corrected chi connectivity index (χ1v) is 9.98. The Balaban J connectivity index is 1.39. The molecule has 1 aliphatic heterocycles. The van der Waals surface area contributed by atoms with Crippen molar-refractivity contribution in [1.82, 2.24) is 9.80 Å². The molecule has 1 fully saturated rings. The van der Waals surface area contributed by atoms with E-state index >= 15 is 0 Å². The topological polar surface area (TPSA) is 59.7 Å². The van der Waals surface area contributed by atoms with E-state index in [4.69, 9.17) is 10.00 Å². The van der Waals surface area contributed by atoms with Crippen LogP contribution in [0.4, 0.5) is 0 Å². The molecule has 1 saturated heterocycles. The SMILES string of the molecule is N#CCc1ccc(OCC(O)CN2CCCN(Cc3ccccc3)CC2)cc1. The Morgan fingerprint density at radius 1 is 0.929 bits per heavy atom. The molecule has 5 nitrogen and oxygen atoms in total. The summed E-state index contributed by atoms with van der Waals surface area (Å²) in [7, 11) is 0. The first-order chi connectivity index (χ1) is 13.7. The number of hydrogen-bond donors (Lipinski definition) is 1. The van der Waals surface area contributed by atoms with Crippen LogP contribution >= 0.6 is 0 Å². The van der Waals surface area contributed by atoms with Crippen LogP contribution in [-0.4, -0.2) is 60.3 Å². The fraction of sp³-hybridized carbons (Fsp3) is 0.435. The van der Waals surface area contributed by atoms with Crippen LogP contribution in [0.15, 0.2) is 54.6 Å². The summed E-state index contributed by atoms with van der Waals surface area (Å²) in [6.07, 6.45) is 0.999. The number of benzene rings is 2. The average molecular weight is 380 g/mol. The highest BCUT2D eigenvalue weighted by Crippen LogP contribution is 2.13. The maximum absolute atomic E-state index is 10.4. The molecule has 1 atom stereocenters. The summed E-state index contributed by atoms with van der Waals surface area (Å²) in [5.74, 6) is 0.727. The number of ether oxygens (including phenoxy) is 1. The molecule has 148 valence electrons. The van der Waals surface area contributed by atoms with E-state index in [1.165, 1.54) is 5.56 Å². The highest BCUT2D eigenvalue weighted by Gasteiger charge is 2.18. The first kappa shape index (κ1) is 20.3. The second-order valence-corrected chi connectivity index (χ2v) is 7.36. The Morgan fingerprint density at radius 3 is 2.39 bits per heavy atom. The monoisotopic (exact) mass is 379 g/mol. The van der Waals surface area contributed by atoms with E-state index in [1.54, 1.807) is 0 Å². The van der Waals surface area contributed by atoms with E-state index in [1.807, 2.05) is 24.3 Å². The van der Waals surface area contributed by atoms with Crippen molar-refractivity contribution in [3.8, 4) is 11.8 Å². The molecule has 1 N–H and O–H groups in total. The molecular weight excluding hydrogens is 350 g/mol. The van der Waals surface area contributed by atoms with Gasteiger partial charge >= 0.3 is 0 Å². The lowest BCUT2D eigenvalue weighted by molar-refractivity contribution is 0.0693. The lowest BCUT2D eigenvalue weighted by Crippen LogP contribution is -2.38. The van der Waals surface area contributed by atoms with Crippen molar-refractivity contribution in [3.63, 3.8) is 0 Å². The Labute approximate surface area is 167 Å². The molecule has 0 aromatic heterocycles. The molecular formula is C23H29N3O2. The van der Waals surface area contributed by atoms with Crippen molar-refractivity contribution in [3.05, 3.63) is 65.7 Å². The highest BCUT2D eigenvalue weighted by molar-refractivity contribution is 5.28. The third kappa shape index (κ3) is 6.65. The number of β-amino-alcohol motifs (C(OH)–C–C–N with tert-alkyl or cyclic N) is 1. The molecule has 0 bridgehead atoms. The van der Waals surface area contributed by atoms with Crippen molar-refractivity contribution < 1.29 is 9.84 Å². The summed E-state index contributed by atoms with van der Waals surface area (Å²) in [5.41, 5.74) is 2.32. The Kier molecular flexibility index (Phi) is 7.86. The Hall–Kier alpha value is -2.39. The Bertz CT molecular complexity index is 743. The first-order valence-electron chi connectivity index (χ1n) is 9.98. The molecule has 0 radical (unpaired) electrons. The molecule has 0 aliphatic carbocycles. The Morgan fingerprint density at radius 2 is 1.64 bits per heavy atom. The summed E-state index contributed by atoms with van der Waals surface area (Å²) < 4.78 is 5.70. The van der Waals surface area contributed by atoms with Gasteiger partial charge in [-0.05, 0) is 42.8 Å². The van der Waals surface area contributed by atoms with Crippen LogP contribution in [0.25, 0.3) is 0 Å². The van der Waals surface area contributed by atoms with Crippen LogP contribution in [0, 0.1) is 11.3 Å². The van der Waals surface area contributed by atoms with Crippen LogP contribution < -0.4 is 4.74 Å². The van der Waals surface area contributed by atoms with E-state index in [0.717, 1.165) is 50.5 Å². The second kappa shape index (κ2) is 10.8. The number of hydrogen-bond acceptors (Lipinski definition) is 5. The van der Waals surface area contributed by atoms with E-state index in [-0.39, 0.29) is 6.61 Å². The van der Waals surface area contributed by atoms with Crippen LogP contribution in [0.1, 0.15) is 17.5 Å². The minimum absolute atomic E-state index is 0.280. The average Bonchev–Trinajstić information content (AvgIpc) is 2.93. The molecule has 0 saturated carbocycles. The van der Waals surface area contributed by atoms with Gasteiger partial charge in [0.1, 0.15) is 18.5 Å². The van der Waals surface area contributed by atoms with Gasteiger partial charge < -0.3 is 9.84 Å². The highest BCUT2D eigenvalue weighted by atomic mass is 16.5. The van der Waals surface area contributed by atoms with Crippen molar-refractivity contribution in [1.29, 1.82) is 5.26 Å². The van der Waals surface area contributed by atoms with Gasteiger partial charge in [-0.3, -0.25) is 9.80 Å². The van der Waals surface area contributed by atoms with E-state index in [0.29, 0.717) is 13.0 Å². The predicted molar refractivity (Wildman–Crippen MR) is 110 cm³/mol. The standard InChI is InChI=1S/C23H29N3O2/c24-12-11-20-7-9-23(10-8-20)28-19-22(27)18-26-14-4-13-25(15-16-26)17-21-5-2-1-3-6-21/h1-3,5-10,22,27H,4,11,13-19H2. The molecule has 2 aromatic rings. The van der Waals surface area contributed by atoms with Crippen molar-refractivity contribution >= 4 is 0 Å². The van der Waals surface area contributed by atoms with Crippen LogP contribution in [-0.2, 0) is 13.0 Å². The molecule has 1 heterocycles. The number of nitrogens with zero attached hydrogens (tertiary/aromatic N) is 3. The van der Waals surface area contributed by atoms with Gasteiger partial charge in [0.05, 0.1) is 12.5 Å². The van der Waals surface area contributed by atoms with Crippen LogP contribution in [0.2, 0.25) is 0 Å². The third-order valence-electron chi connectivity index (χ3n) is 5.05. The molecule has 0 amide bonds. The maximum atomic E-state index is 10.4. The number of aliphatic hydroxyl groups is 1. The zero-order valence-electron chi connectivity index (χ0n) is 16.3. The van der Waals surface area contributed by atoms with E-state index < -0.39 is 6.10 Å². The van der Waals surface area contributed by atoms with E-state index in [9.17, 15) is 5.11 Å². The summed E-state index contributed by atoms with van der Waals surface area (Å²) in [6, 6.07) is 20.2.